The molecule has 0 amide bonds. The Morgan fingerprint density at radius 1 is 1.10 bits per heavy atom. The quantitative estimate of drug-likeness (QED) is 0.381. The third kappa shape index (κ3) is 6.71. The first-order chi connectivity index (χ1) is 8.97. The van der Waals surface area contributed by atoms with Crippen LogP contribution in [-0.4, -0.2) is 14.9 Å². The second-order valence-corrected chi connectivity index (χ2v) is 12.2. The van der Waals surface area contributed by atoms with Gasteiger partial charge >= 0.3 is 134 Å². The molecule has 2 aliphatic carbocycles. The van der Waals surface area contributed by atoms with E-state index in [0.717, 1.165) is 25.9 Å². The third-order valence-electron chi connectivity index (χ3n) is 3.41. The minimum absolute atomic E-state index is 0. The summed E-state index contributed by atoms with van der Waals surface area (Å²) >= 11 is 1.57. The van der Waals surface area contributed by atoms with E-state index in [1.807, 2.05) is 0 Å². The summed E-state index contributed by atoms with van der Waals surface area (Å²) in [6.45, 7) is 7.69. The van der Waals surface area contributed by atoms with Crippen molar-refractivity contribution in [1.29, 1.82) is 0 Å². The van der Waals surface area contributed by atoms with Crippen LogP contribution in [0.25, 0.3) is 0 Å². The van der Waals surface area contributed by atoms with Crippen molar-refractivity contribution in [3.63, 3.8) is 0 Å². The Labute approximate surface area is 157 Å². The van der Waals surface area contributed by atoms with E-state index in [1.54, 1.807) is 39.1 Å². The van der Waals surface area contributed by atoms with E-state index in [1.165, 1.54) is 12.0 Å². The van der Waals surface area contributed by atoms with Crippen LogP contribution in [0.1, 0.15) is 25.7 Å². The molecule has 0 radical (unpaired) electrons. The summed E-state index contributed by atoms with van der Waals surface area (Å²) in [5.41, 5.74) is 4.65. The summed E-state index contributed by atoms with van der Waals surface area (Å²) in [5, 5.41) is 0. The maximum atomic E-state index is 5.94. The second-order valence-electron chi connectivity index (χ2n) is 6.17. The van der Waals surface area contributed by atoms with E-state index < -0.39 is 8.32 Å². The average Bonchev–Trinajstić information content (AvgIpc) is 2.91. The van der Waals surface area contributed by atoms with Crippen LogP contribution in [0.5, 0.6) is 0 Å². The Kier molecular flexibility index (Phi) is 9.95. The molecule has 2 rings (SSSR count). The van der Waals surface area contributed by atoms with Crippen molar-refractivity contribution in [1.82, 2.24) is 0 Å². The van der Waals surface area contributed by atoms with Crippen LogP contribution in [-0.2, 0) is 29.1 Å². The second kappa shape index (κ2) is 9.67. The Hall–Kier alpha value is 0.600. The Morgan fingerprint density at radius 3 is 2.33 bits per heavy atom. The van der Waals surface area contributed by atoms with E-state index in [9.17, 15) is 0 Å². The van der Waals surface area contributed by atoms with Crippen molar-refractivity contribution in [3.05, 3.63) is 44.3 Å². The topological polar surface area (TPSA) is 9.23 Å². The van der Waals surface area contributed by atoms with Crippen molar-refractivity contribution >= 4 is 8.32 Å². The molecule has 0 saturated carbocycles. The molecule has 21 heavy (non-hydrogen) atoms. The largest absolute Gasteiger partial charge is 1.00 e. The molecule has 5 heteroatoms. The molecule has 0 fully saturated rings. The zero-order valence-corrected chi connectivity index (χ0v) is 18.0. The molecule has 0 unspecified atom stereocenters. The van der Waals surface area contributed by atoms with Crippen LogP contribution in [0.15, 0.2) is 44.3 Å². The number of hydrogen-bond acceptors (Lipinski definition) is 1. The van der Waals surface area contributed by atoms with Gasteiger partial charge < -0.3 is 24.8 Å². The number of allylic oxidation sites excluding steroid dienone is 8. The molecule has 0 aromatic carbocycles. The van der Waals surface area contributed by atoms with Gasteiger partial charge in [-0.2, -0.15) is 0 Å². The van der Waals surface area contributed by atoms with Crippen LogP contribution in [0, 0.1) is 0 Å². The first kappa shape index (κ1) is 21.6. The van der Waals surface area contributed by atoms with E-state index in [0.29, 0.717) is 0 Å². The van der Waals surface area contributed by atoms with E-state index in [4.69, 9.17) is 4.43 Å². The molecular formula is C16H23Cl2OSiZr. The van der Waals surface area contributed by atoms with Gasteiger partial charge in [0.25, 0.3) is 0 Å². The standard InChI is InChI=1S/C16H23OSi.2ClH.Zr/c1-18(2,3)17-13-7-11-15-10-6-12-16(15)14-8-4-5-9-14;;;/h4,6,8,10H,5,7,11-13H2,1-3H3;2*1H;/q;;;+2/p-2. The molecular weight excluding hydrogens is 398 g/mol. The minimum atomic E-state index is -1.34. The van der Waals surface area contributed by atoms with Gasteiger partial charge in [-0.25, -0.2) is 0 Å². The minimum Gasteiger partial charge on any atom is -1.00 e. The van der Waals surface area contributed by atoms with Gasteiger partial charge in [0.2, 0.25) is 0 Å². The molecule has 115 valence electrons. The molecule has 1 nitrogen and oxygen atoms in total. The fraction of sp³-hybridized carbons (Fsp3) is 0.500. The maximum absolute atomic E-state index is 5.94. The van der Waals surface area contributed by atoms with Crippen LogP contribution < -0.4 is 24.8 Å². The van der Waals surface area contributed by atoms with Crippen molar-refractivity contribution in [2.45, 2.75) is 45.3 Å². The monoisotopic (exact) mass is 419 g/mol. The normalized spacial score (nSPS) is 17.4. The summed E-state index contributed by atoms with van der Waals surface area (Å²) in [7, 11) is -1.34. The van der Waals surface area contributed by atoms with Gasteiger partial charge in [0.1, 0.15) is 0 Å². The molecule has 0 aromatic heterocycles. The van der Waals surface area contributed by atoms with Gasteiger partial charge in [-0.15, -0.1) is 0 Å². The fourth-order valence-electron chi connectivity index (χ4n) is 2.50. The Bertz CT molecular complexity index is 473. The molecule has 0 N–H and O–H groups in total. The summed E-state index contributed by atoms with van der Waals surface area (Å²) in [6.07, 6.45) is 13.9. The van der Waals surface area contributed by atoms with Crippen LogP contribution in [0.4, 0.5) is 0 Å². The van der Waals surface area contributed by atoms with Crippen molar-refractivity contribution in [2.75, 3.05) is 6.61 Å². The van der Waals surface area contributed by atoms with Crippen molar-refractivity contribution in [2.24, 2.45) is 0 Å². The van der Waals surface area contributed by atoms with E-state index >= 15 is 0 Å². The Balaban J connectivity index is 0.00000200. The zero-order valence-electron chi connectivity index (χ0n) is 13.0. The predicted octanol–water partition coefficient (Wildman–Crippen LogP) is -1.36. The molecule has 0 atom stereocenters. The van der Waals surface area contributed by atoms with Gasteiger partial charge in [-0.05, 0) is 0 Å². The van der Waals surface area contributed by atoms with Gasteiger partial charge in [-0.1, -0.05) is 0 Å². The van der Waals surface area contributed by atoms with Crippen LogP contribution >= 0.6 is 0 Å². The van der Waals surface area contributed by atoms with Crippen molar-refractivity contribution in [3.8, 4) is 0 Å². The number of hydrogen-bond donors (Lipinski definition) is 0. The Morgan fingerprint density at radius 2 is 1.76 bits per heavy atom. The molecule has 2 aliphatic rings. The molecule has 0 saturated heterocycles. The molecule has 0 spiro atoms. The fourth-order valence-corrected chi connectivity index (χ4v) is 4.12. The third-order valence-corrected chi connectivity index (χ3v) is 5.64. The van der Waals surface area contributed by atoms with Crippen molar-refractivity contribution < 1.29 is 54.0 Å². The number of halogens is 2. The summed E-state index contributed by atoms with van der Waals surface area (Å²) < 4.78 is 7.55. The van der Waals surface area contributed by atoms with Gasteiger partial charge in [0.05, 0.1) is 0 Å². The summed E-state index contributed by atoms with van der Waals surface area (Å²) in [4.78, 5) is 0. The maximum Gasteiger partial charge on any atom is -1.00 e. The van der Waals surface area contributed by atoms with Gasteiger partial charge in [-0.3, -0.25) is 0 Å². The SMILES string of the molecule is C[Si](C)(C)OCCCC1=C(C2=[C]([Zr+2])CC=C2)CC=C1.[Cl-].[Cl-]. The van der Waals surface area contributed by atoms with Crippen LogP contribution in [0.2, 0.25) is 19.6 Å². The number of rotatable bonds is 6. The summed E-state index contributed by atoms with van der Waals surface area (Å²) in [6, 6.07) is 0. The molecule has 0 heterocycles. The molecule has 0 aliphatic heterocycles. The van der Waals surface area contributed by atoms with Crippen LogP contribution in [0.3, 0.4) is 0 Å². The first-order valence-corrected chi connectivity index (χ1v) is 11.8. The van der Waals surface area contributed by atoms with Gasteiger partial charge in [0.15, 0.2) is 0 Å². The van der Waals surface area contributed by atoms with E-state index in [-0.39, 0.29) is 24.8 Å². The summed E-state index contributed by atoms with van der Waals surface area (Å²) in [5.74, 6) is 0. The smallest absolute Gasteiger partial charge is 1.00 e. The van der Waals surface area contributed by atoms with Gasteiger partial charge in [0, 0.05) is 0 Å². The molecule has 0 aromatic rings. The molecule has 0 bridgehead atoms. The van der Waals surface area contributed by atoms with E-state index in [2.05, 4.69) is 43.9 Å². The zero-order chi connectivity index (χ0) is 13.9. The first-order valence-electron chi connectivity index (χ1n) is 7.11. The average molecular weight is 422 g/mol. The predicted molar refractivity (Wildman–Crippen MR) is 80.1 cm³/mol.